The van der Waals surface area contributed by atoms with E-state index >= 15 is 0 Å². The van der Waals surface area contributed by atoms with Crippen molar-refractivity contribution in [3.8, 4) is 17.6 Å². The second kappa shape index (κ2) is 11.7. The molecule has 9 heteroatoms. The molecule has 2 heterocycles. The van der Waals surface area contributed by atoms with Crippen molar-refractivity contribution < 1.29 is 14.3 Å². The summed E-state index contributed by atoms with van der Waals surface area (Å²) in [6.07, 6.45) is 4.03. The summed E-state index contributed by atoms with van der Waals surface area (Å²) in [5.74, 6) is 1.51. The number of benzene rings is 1. The summed E-state index contributed by atoms with van der Waals surface area (Å²) >= 11 is 0. The first-order valence-corrected chi connectivity index (χ1v) is 11.6. The van der Waals surface area contributed by atoms with Crippen molar-refractivity contribution in [2.75, 3.05) is 45.2 Å². The second-order valence-corrected chi connectivity index (χ2v) is 9.54. The maximum atomic E-state index is 12.9. The molecule has 1 saturated heterocycles. The Morgan fingerprint density at radius 2 is 2.00 bits per heavy atom. The van der Waals surface area contributed by atoms with Gasteiger partial charge in [-0.05, 0) is 49.5 Å². The van der Waals surface area contributed by atoms with E-state index in [0.29, 0.717) is 41.6 Å². The summed E-state index contributed by atoms with van der Waals surface area (Å²) in [6.45, 7) is 10.8. The molecule has 2 aromatic rings. The third-order valence-corrected chi connectivity index (χ3v) is 5.48. The highest BCUT2D eigenvalue weighted by molar-refractivity contribution is 5.94. The van der Waals surface area contributed by atoms with Crippen molar-refractivity contribution in [3.05, 3.63) is 41.3 Å². The number of hydrogen-bond acceptors (Lipinski definition) is 8. The second-order valence-electron chi connectivity index (χ2n) is 9.54. The first-order chi connectivity index (χ1) is 16.3. The van der Waals surface area contributed by atoms with Crippen LogP contribution >= 0.6 is 0 Å². The maximum absolute atomic E-state index is 12.9. The molecule has 1 aliphatic heterocycles. The zero-order chi connectivity index (χ0) is 24.6. The zero-order valence-corrected chi connectivity index (χ0v) is 20.5. The summed E-state index contributed by atoms with van der Waals surface area (Å²) < 4.78 is 11.3. The number of carbonyl (C=O) groups excluding carboxylic acids is 1. The Balaban J connectivity index is 1.65. The lowest BCUT2D eigenvalue weighted by Crippen LogP contribution is -2.26. The van der Waals surface area contributed by atoms with Crippen LogP contribution in [0.2, 0.25) is 0 Å². The lowest BCUT2D eigenvalue weighted by Gasteiger charge is -2.20. The van der Waals surface area contributed by atoms with Crippen LogP contribution in [0.3, 0.4) is 0 Å². The summed E-state index contributed by atoms with van der Waals surface area (Å²) in [5.41, 5.74) is 1.19. The van der Waals surface area contributed by atoms with Crippen molar-refractivity contribution in [1.82, 2.24) is 20.2 Å². The molecule has 34 heavy (non-hydrogen) atoms. The number of anilines is 1. The molecule has 3 rings (SSSR count). The van der Waals surface area contributed by atoms with Gasteiger partial charge >= 0.3 is 0 Å². The molecule has 1 fully saturated rings. The summed E-state index contributed by atoms with van der Waals surface area (Å²) in [7, 11) is 1.58. The number of nitriles is 1. The molecule has 0 saturated carbocycles. The van der Waals surface area contributed by atoms with E-state index in [1.54, 1.807) is 31.5 Å². The number of carbonyl (C=O) groups is 1. The molecule has 1 aromatic heterocycles. The summed E-state index contributed by atoms with van der Waals surface area (Å²) in [6, 6.07) is 7.10. The van der Waals surface area contributed by atoms with Gasteiger partial charge in [-0.3, -0.25) is 9.69 Å². The van der Waals surface area contributed by atoms with Gasteiger partial charge in [0.05, 0.1) is 7.11 Å². The topological polar surface area (TPSA) is 112 Å². The zero-order valence-electron chi connectivity index (χ0n) is 20.5. The van der Waals surface area contributed by atoms with E-state index in [-0.39, 0.29) is 23.7 Å². The first-order valence-electron chi connectivity index (χ1n) is 11.6. The van der Waals surface area contributed by atoms with Gasteiger partial charge in [0.25, 0.3) is 5.91 Å². The highest BCUT2D eigenvalue weighted by Gasteiger charge is 2.16. The van der Waals surface area contributed by atoms with Crippen LogP contribution in [0.15, 0.2) is 24.4 Å². The SMILES string of the molecule is COc1ccc(C(=O)NCc2cnc(C#N)nc2NCC(C)(C)C)cc1OCCN1CCCC1. The van der Waals surface area contributed by atoms with Crippen LogP contribution in [-0.2, 0) is 6.54 Å². The summed E-state index contributed by atoms with van der Waals surface area (Å²) in [4.78, 5) is 23.6. The molecule has 9 nitrogen and oxygen atoms in total. The molecule has 182 valence electrons. The maximum Gasteiger partial charge on any atom is 0.251 e. The standard InChI is InChI=1S/C25H34N6O3/c1-25(2,3)17-29-23-19(15-27-22(14-26)30-23)16-28-24(32)18-7-8-20(33-4)21(13-18)34-12-11-31-9-5-6-10-31/h7-8,13,15H,5-6,9-12,16-17H2,1-4H3,(H,28,32)(H,27,29,30). The average molecular weight is 467 g/mol. The van der Waals surface area contributed by atoms with Gasteiger partial charge < -0.3 is 20.1 Å². The molecule has 0 radical (unpaired) electrons. The van der Waals surface area contributed by atoms with E-state index in [1.807, 2.05) is 6.07 Å². The molecule has 1 aliphatic rings. The molecule has 0 atom stereocenters. The van der Waals surface area contributed by atoms with Crippen LogP contribution in [0, 0.1) is 16.7 Å². The molecule has 0 aliphatic carbocycles. The molecule has 0 unspecified atom stereocenters. The number of methoxy groups -OCH3 is 1. The largest absolute Gasteiger partial charge is 0.493 e. The van der Waals surface area contributed by atoms with Gasteiger partial charge in [0.15, 0.2) is 11.5 Å². The fourth-order valence-corrected chi connectivity index (χ4v) is 3.59. The Hall–Kier alpha value is -3.38. The van der Waals surface area contributed by atoms with Crippen LogP contribution in [0.4, 0.5) is 5.82 Å². The van der Waals surface area contributed by atoms with Gasteiger partial charge in [0.2, 0.25) is 5.82 Å². The number of aromatic nitrogens is 2. The Labute approximate surface area is 201 Å². The number of nitrogens with one attached hydrogen (secondary N) is 2. The van der Waals surface area contributed by atoms with Crippen molar-refractivity contribution >= 4 is 11.7 Å². The fourth-order valence-electron chi connectivity index (χ4n) is 3.59. The highest BCUT2D eigenvalue weighted by Crippen LogP contribution is 2.28. The predicted octanol–water partition coefficient (Wildman–Crippen LogP) is 3.22. The van der Waals surface area contributed by atoms with Crippen LogP contribution in [0.5, 0.6) is 11.5 Å². The molecule has 0 spiro atoms. The molecule has 2 N–H and O–H groups in total. The number of nitrogens with zero attached hydrogens (tertiary/aromatic N) is 4. The molecule has 0 bridgehead atoms. The van der Waals surface area contributed by atoms with Crippen molar-refractivity contribution in [2.24, 2.45) is 5.41 Å². The predicted molar refractivity (Wildman–Crippen MR) is 130 cm³/mol. The Bertz CT molecular complexity index is 1020. The van der Waals surface area contributed by atoms with Crippen molar-refractivity contribution in [1.29, 1.82) is 5.26 Å². The van der Waals surface area contributed by atoms with E-state index in [0.717, 1.165) is 19.6 Å². The minimum Gasteiger partial charge on any atom is -0.493 e. The van der Waals surface area contributed by atoms with Gasteiger partial charge in [-0.2, -0.15) is 5.26 Å². The lowest BCUT2D eigenvalue weighted by atomic mass is 9.97. The van der Waals surface area contributed by atoms with Gasteiger partial charge in [-0.1, -0.05) is 20.8 Å². The van der Waals surface area contributed by atoms with Crippen LogP contribution < -0.4 is 20.1 Å². The first kappa shape index (κ1) is 25.2. The smallest absolute Gasteiger partial charge is 0.251 e. The Kier molecular flexibility index (Phi) is 8.66. The average Bonchev–Trinajstić information content (AvgIpc) is 3.34. The minimum absolute atomic E-state index is 0.0204. The van der Waals surface area contributed by atoms with Crippen LogP contribution in [0.1, 0.15) is 55.4 Å². The Morgan fingerprint density at radius 3 is 2.68 bits per heavy atom. The fraction of sp³-hybridized carbons (Fsp3) is 0.520. The van der Waals surface area contributed by atoms with Crippen LogP contribution in [-0.4, -0.2) is 60.7 Å². The quantitative estimate of drug-likeness (QED) is 0.549. The van der Waals surface area contributed by atoms with Gasteiger partial charge in [0.1, 0.15) is 18.5 Å². The van der Waals surface area contributed by atoms with Crippen molar-refractivity contribution in [3.63, 3.8) is 0 Å². The third-order valence-electron chi connectivity index (χ3n) is 5.48. The molecular weight excluding hydrogens is 432 g/mol. The Morgan fingerprint density at radius 1 is 1.24 bits per heavy atom. The summed E-state index contributed by atoms with van der Waals surface area (Å²) in [5, 5.41) is 15.3. The number of likely N-dealkylation sites (tertiary alicyclic amines) is 1. The molecule has 1 amide bonds. The van der Waals surface area contributed by atoms with Gasteiger partial charge in [-0.15, -0.1) is 0 Å². The van der Waals surface area contributed by atoms with E-state index in [1.165, 1.54) is 12.8 Å². The number of amides is 1. The minimum atomic E-state index is -0.252. The van der Waals surface area contributed by atoms with E-state index < -0.39 is 0 Å². The van der Waals surface area contributed by atoms with E-state index in [2.05, 4.69) is 46.3 Å². The molecular formula is C25H34N6O3. The normalized spacial score (nSPS) is 13.9. The van der Waals surface area contributed by atoms with E-state index in [4.69, 9.17) is 14.7 Å². The lowest BCUT2D eigenvalue weighted by molar-refractivity contribution is 0.0950. The monoisotopic (exact) mass is 466 g/mol. The number of hydrogen-bond donors (Lipinski definition) is 2. The van der Waals surface area contributed by atoms with Gasteiger partial charge in [-0.25, -0.2) is 9.97 Å². The van der Waals surface area contributed by atoms with Crippen molar-refractivity contribution in [2.45, 2.75) is 40.2 Å². The third kappa shape index (κ3) is 7.32. The van der Waals surface area contributed by atoms with E-state index in [9.17, 15) is 4.79 Å². The van der Waals surface area contributed by atoms with Gasteiger partial charge in [0, 0.05) is 37.0 Å². The highest BCUT2D eigenvalue weighted by atomic mass is 16.5. The van der Waals surface area contributed by atoms with Crippen LogP contribution in [0.25, 0.3) is 0 Å². The number of rotatable bonds is 10. The molecule has 1 aromatic carbocycles. The number of ether oxygens (including phenoxy) is 2.